The monoisotopic (exact) mass is 314 g/mol. The number of halogens is 1. The van der Waals surface area contributed by atoms with Crippen LogP contribution in [0.3, 0.4) is 0 Å². The first-order chi connectivity index (χ1) is 8.61. The molecular weight excluding hydrogens is 296 g/mol. The van der Waals surface area contributed by atoms with Gasteiger partial charge >= 0.3 is 0 Å². The van der Waals surface area contributed by atoms with Gasteiger partial charge < -0.3 is 14.6 Å². The van der Waals surface area contributed by atoms with E-state index < -0.39 is 6.10 Å². The van der Waals surface area contributed by atoms with Gasteiger partial charge in [-0.1, -0.05) is 13.0 Å². The standard InChI is InChI=1S/C14H19BrO3/c1-9-5-6-18-14(9)12(16)8-10-3-4-13(17-2)11(15)7-10/h3-4,7,9,12,14,16H,5-6,8H2,1-2H3. The second kappa shape index (κ2) is 6.04. The summed E-state index contributed by atoms with van der Waals surface area (Å²) in [6.45, 7) is 2.89. The van der Waals surface area contributed by atoms with E-state index in [0.717, 1.165) is 28.8 Å². The fraction of sp³-hybridized carbons (Fsp3) is 0.571. The van der Waals surface area contributed by atoms with Crippen molar-refractivity contribution in [1.82, 2.24) is 0 Å². The fourth-order valence-electron chi connectivity index (χ4n) is 2.40. The van der Waals surface area contributed by atoms with Crippen molar-refractivity contribution in [3.63, 3.8) is 0 Å². The summed E-state index contributed by atoms with van der Waals surface area (Å²) in [5.41, 5.74) is 1.08. The quantitative estimate of drug-likeness (QED) is 0.928. The molecule has 1 aromatic carbocycles. The zero-order chi connectivity index (χ0) is 13.1. The van der Waals surface area contributed by atoms with Gasteiger partial charge in [-0.3, -0.25) is 0 Å². The van der Waals surface area contributed by atoms with Gasteiger partial charge in [0.1, 0.15) is 5.75 Å². The van der Waals surface area contributed by atoms with Crippen molar-refractivity contribution in [1.29, 1.82) is 0 Å². The van der Waals surface area contributed by atoms with Gasteiger partial charge in [-0.2, -0.15) is 0 Å². The maximum atomic E-state index is 10.2. The Labute approximate surface area is 116 Å². The van der Waals surface area contributed by atoms with Crippen molar-refractivity contribution in [2.45, 2.75) is 32.0 Å². The van der Waals surface area contributed by atoms with Gasteiger partial charge in [0.2, 0.25) is 0 Å². The minimum absolute atomic E-state index is 0.0362. The van der Waals surface area contributed by atoms with Crippen LogP contribution in [0.4, 0.5) is 0 Å². The molecule has 3 atom stereocenters. The van der Waals surface area contributed by atoms with Gasteiger partial charge in [0.25, 0.3) is 0 Å². The van der Waals surface area contributed by atoms with Crippen LogP contribution in [0.15, 0.2) is 22.7 Å². The molecule has 1 saturated heterocycles. The van der Waals surface area contributed by atoms with E-state index in [1.807, 2.05) is 18.2 Å². The molecule has 0 saturated carbocycles. The average Bonchev–Trinajstić information content (AvgIpc) is 2.76. The van der Waals surface area contributed by atoms with Gasteiger partial charge in [0.05, 0.1) is 23.8 Å². The molecule has 100 valence electrons. The lowest BCUT2D eigenvalue weighted by Crippen LogP contribution is -2.31. The SMILES string of the molecule is COc1ccc(CC(O)C2OCCC2C)cc1Br. The summed E-state index contributed by atoms with van der Waals surface area (Å²) in [6, 6.07) is 5.87. The van der Waals surface area contributed by atoms with E-state index in [-0.39, 0.29) is 6.10 Å². The summed E-state index contributed by atoms with van der Waals surface area (Å²) in [5, 5.41) is 10.2. The molecule has 1 N–H and O–H groups in total. The second-order valence-electron chi connectivity index (χ2n) is 4.84. The highest BCUT2D eigenvalue weighted by Gasteiger charge is 2.30. The van der Waals surface area contributed by atoms with Gasteiger partial charge in [-0.25, -0.2) is 0 Å². The van der Waals surface area contributed by atoms with Crippen LogP contribution in [0.2, 0.25) is 0 Å². The van der Waals surface area contributed by atoms with Crippen molar-refractivity contribution in [3.05, 3.63) is 28.2 Å². The summed E-state index contributed by atoms with van der Waals surface area (Å²) in [4.78, 5) is 0. The summed E-state index contributed by atoms with van der Waals surface area (Å²) in [5.74, 6) is 1.24. The Balaban J connectivity index is 2.02. The molecule has 0 bridgehead atoms. The second-order valence-corrected chi connectivity index (χ2v) is 5.70. The summed E-state index contributed by atoms with van der Waals surface area (Å²) < 4.78 is 11.7. The largest absolute Gasteiger partial charge is 0.496 e. The molecule has 0 amide bonds. The third-order valence-electron chi connectivity index (χ3n) is 3.48. The van der Waals surface area contributed by atoms with Gasteiger partial charge in [-0.15, -0.1) is 0 Å². The molecule has 1 fully saturated rings. The Morgan fingerprint density at radius 3 is 2.89 bits per heavy atom. The molecule has 3 unspecified atom stereocenters. The van der Waals surface area contributed by atoms with Crippen LogP contribution in [-0.2, 0) is 11.2 Å². The molecule has 0 aromatic heterocycles. The topological polar surface area (TPSA) is 38.7 Å². The van der Waals surface area contributed by atoms with E-state index in [0.29, 0.717) is 12.3 Å². The van der Waals surface area contributed by atoms with Crippen LogP contribution in [0.1, 0.15) is 18.9 Å². The lowest BCUT2D eigenvalue weighted by Gasteiger charge is -2.21. The summed E-state index contributed by atoms with van der Waals surface area (Å²) in [7, 11) is 1.64. The van der Waals surface area contributed by atoms with E-state index in [1.54, 1.807) is 7.11 Å². The number of benzene rings is 1. The van der Waals surface area contributed by atoms with Gasteiger partial charge in [-0.05, 0) is 46.0 Å². The first-order valence-electron chi connectivity index (χ1n) is 6.24. The van der Waals surface area contributed by atoms with Gasteiger partial charge in [0, 0.05) is 13.0 Å². The summed E-state index contributed by atoms with van der Waals surface area (Å²) in [6.07, 6.45) is 1.17. The van der Waals surface area contributed by atoms with Gasteiger partial charge in [0.15, 0.2) is 0 Å². The molecule has 1 aliphatic heterocycles. The minimum atomic E-state index is -0.442. The normalized spacial score (nSPS) is 25.1. The molecule has 1 aliphatic rings. The molecule has 1 aromatic rings. The molecule has 1 heterocycles. The van der Waals surface area contributed by atoms with E-state index in [4.69, 9.17) is 9.47 Å². The zero-order valence-corrected chi connectivity index (χ0v) is 12.3. The molecular formula is C14H19BrO3. The van der Waals surface area contributed by atoms with E-state index >= 15 is 0 Å². The molecule has 0 spiro atoms. The van der Waals surface area contributed by atoms with Crippen LogP contribution in [0, 0.1) is 5.92 Å². The predicted octanol–water partition coefficient (Wildman–Crippen LogP) is 2.79. The Bertz CT molecular complexity index is 408. The number of methoxy groups -OCH3 is 1. The maximum absolute atomic E-state index is 10.2. The molecule has 2 rings (SSSR count). The van der Waals surface area contributed by atoms with E-state index in [2.05, 4.69) is 22.9 Å². The highest BCUT2D eigenvalue weighted by molar-refractivity contribution is 9.10. The van der Waals surface area contributed by atoms with E-state index in [1.165, 1.54) is 0 Å². The number of aliphatic hydroxyl groups excluding tert-OH is 1. The lowest BCUT2D eigenvalue weighted by atomic mass is 9.95. The molecule has 3 nitrogen and oxygen atoms in total. The Morgan fingerprint density at radius 1 is 1.56 bits per heavy atom. The Morgan fingerprint density at radius 2 is 2.33 bits per heavy atom. The average molecular weight is 315 g/mol. The van der Waals surface area contributed by atoms with E-state index in [9.17, 15) is 5.11 Å². The van der Waals surface area contributed by atoms with Crippen LogP contribution >= 0.6 is 15.9 Å². The molecule has 4 heteroatoms. The van der Waals surface area contributed by atoms with Crippen molar-refractivity contribution < 1.29 is 14.6 Å². The van der Waals surface area contributed by atoms with Crippen molar-refractivity contribution in [2.24, 2.45) is 5.92 Å². The Hall–Kier alpha value is -0.580. The first-order valence-corrected chi connectivity index (χ1v) is 7.03. The van der Waals surface area contributed by atoms with Crippen molar-refractivity contribution in [3.8, 4) is 5.75 Å². The molecule has 0 aliphatic carbocycles. The highest BCUT2D eigenvalue weighted by atomic mass is 79.9. The van der Waals surface area contributed by atoms with Crippen LogP contribution < -0.4 is 4.74 Å². The number of ether oxygens (including phenoxy) is 2. The zero-order valence-electron chi connectivity index (χ0n) is 10.7. The minimum Gasteiger partial charge on any atom is -0.496 e. The van der Waals surface area contributed by atoms with Crippen LogP contribution in [0.5, 0.6) is 5.75 Å². The third-order valence-corrected chi connectivity index (χ3v) is 4.10. The molecule has 0 radical (unpaired) electrons. The van der Waals surface area contributed by atoms with Crippen molar-refractivity contribution in [2.75, 3.05) is 13.7 Å². The van der Waals surface area contributed by atoms with Crippen molar-refractivity contribution >= 4 is 15.9 Å². The number of hydrogen-bond acceptors (Lipinski definition) is 3. The Kier molecular flexibility index (Phi) is 4.65. The van der Waals surface area contributed by atoms with Crippen LogP contribution in [0.25, 0.3) is 0 Å². The number of rotatable bonds is 4. The summed E-state index contributed by atoms with van der Waals surface area (Å²) >= 11 is 3.45. The molecule has 18 heavy (non-hydrogen) atoms. The highest BCUT2D eigenvalue weighted by Crippen LogP contribution is 2.28. The third kappa shape index (κ3) is 3.05. The van der Waals surface area contributed by atoms with Crippen LogP contribution in [-0.4, -0.2) is 31.0 Å². The smallest absolute Gasteiger partial charge is 0.133 e. The first kappa shape index (κ1) is 13.8. The predicted molar refractivity (Wildman–Crippen MR) is 73.9 cm³/mol. The lowest BCUT2D eigenvalue weighted by molar-refractivity contribution is -0.0157. The number of hydrogen-bond donors (Lipinski definition) is 1. The number of aliphatic hydroxyl groups is 1. The fourth-order valence-corrected chi connectivity index (χ4v) is 2.99. The maximum Gasteiger partial charge on any atom is 0.133 e.